The van der Waals surface area contributed by atoms with Crippen LogP contribution in [0.15, 0.2) is 42.5 Å². The number of benzene rings is 2. The summed E-state index contributed by atoms with van der Waals surface area (Å²) in [6.07, 6.45) is -0.148. The standard InChI is InChI=1S/C25H25B2N3O5/c26-25(27)12-20(22(31)28-24(25)33)30-14-19-18(23(30)32)2-1-3-21(19)35-15-17-6-4-16(5-7-17)13-29-8-10-34-11-9-29/h1-7,20H,8-15H2,(H,28,31,33). The number of carbonyl (C=O) groups excluding carboxylic acids is 3. The molecule has 8 nitrogen and oxygen atoms in total. The van der Waals surface area contributed by atoms with Gasteiger partial charge in [-0.2, -0.15) is 0 Å². The third kappa shape index (κ3) is 4.86. The molecule has 5 rings (SSSR count). The third-order valence-corrected chi connectivity index (χ3v) is 6.75. The highest BCUT2D eigenvalue weighted by atomic mass is 16.5. The molecule has 4 radical (unpaired) electrons. The predicted molar refractivity (Wildman–Crippen MR) is 129 cm³/mol. The quantitative estimate of drug-likeness (QED) is 0.501. The summed E-state index contributed by atoms with van der Waals surface area (Å²) in [5.41, 5.74) is 3.41. The molecule has 3 aliphatic heterocycles. The molecule has 10 heteroatoms. The first-order valence-electron chi connectivity index (χ1n) is 11.7. The van der Waals surface area contributed by atoms with E-state index in [1.165, 1.54) is 10.5 Å². The zero-order valence-electron chi connectivity index (χ0n) is 19.4. The van der Waals surface area contributed by atoms with Gasteiger partial charge in [0.05, 0.1) is 35.5 Å². The maximum atomic E-state index is 13.1. The minimum atomic E-state index is -1.72. The van der Waals surface area contributed by atoms with Gasteiger partial charge in [0.25, 0.3) is 5.91 Å². The normalized spacial score (nSPS) is 22.1. The Hall–Kier alpha value is -3.10. The lowest BCUT2D eigenvalue weighted by Gasteiger charge is -2.38. The van der Waals surface area contributed by atoms with E-state index in [1.54, 1.807) is 12.1 Å². The molecule has 2 saturated heterocycles. The van der Waals surface area contributed by atoms with Crippen molar-refractivity contribution in [3.05, 3.63) is 64.7 Å². The molecule has 2 fully saturated rings. The molecule has 0 aromatic heterocycles. The molecule has 0 bridgehead atoms. The third-order valence-electron chi connectivity index (χ3n) is 6.75. The molecular formula is C25H25B2N3O5. The van der Waals surface area contributed by atoms with Gasteiger partial charge in [-0.1, -0.05) is 30.3 Å². The Morgan fingerprint density at radius 3 is 2.49 bits per heavy atom. The second kappa shape index (κ2) is 9.51. The monoisotopic (exact) mass is 469 g/mol. The van der Waals surface area contributed by atoms with E-state index in [0.29, 0.717) is 23.5 Å². The number of nitrogens with one attached hydrogen (secondary N) is 1. The summed E-state index contributed by atoms with van der Waals surface area (Å²) in [7, 11) is 11.7. The van der Waals surface area contributed by atoms with Crippen LogP contribution in [0.2, 0.25) is 5.21 Å². The van der Waals surface area contributed by atoms with Crippen molar-refractivity contribution in [1.82, 2.24) is 15.1 Å². The first-order chi connectivity index (χ1) is 16.8. The first-order valence-corrected chi connectivity index (χ1v) is 11.7. The van der Waals surface area contributed by atoms with Crippen molar-refractivity contribution in [2.75, 3.05) is 26.3 Å². The van der Waals surface area contributed by atoms with E-state index >= 15 is 0 Å². The summed E-state index contributed by atoms with van der Waals surface area (Å²) in [4.78, 5) is 41.2. The van der Waals surface area contributed by atoms with E-state index in [1.807, 2.05) is 18.2 Å². The summed E-state index contributed by atoms with van der Waals surface area (Å²) < 4.78 is 11.5. The second-order valence-corrected chi connectivity index (χ2v) is 9.29. The Balaban J connectivity index is 1.25. The largest absolute Gasteiger partial charge is 0.489 e. The van der Waals surface area contributed by atoms with Crippen LogP contribution in [-0.4, -0.2) is 75.6 Å². The predicted octanol–water partition coefficient (Wildman–Crippen LogP) is 0.922. The lowest BCUT2D eigenvalue weighted by atomic mass is 9.50. The van der Waals surface area contributed by atoms with Crippen LogP contribution in [0, 0.1) is 0 Å². The zero-order valence-corrected chi connectivity index (χ0v) is 19.4. The van der Waals surface area contributed by atoms with E-state index < -0.39 is 23.1 Å². The number of fused-ring (bicyclic) bond motifs is 1. The van der Waals surface area contributed by atoms with Crippen molar-refractivity contribution >= 4 is 33.4 Å². The lowest BCUT2D eigenvalue weighted by molar-refractivity contribution is -0.137. The number of rotatable bonds is 6. The van der Waals surface area contributed by atoms with Crippen LogP contribution in [0.3, 0.4) is 0 Å². The summed E-state index contributed by atoms with van der Waals surface area (Å²) in [5.74, 6) is -1.07. The summed E-state index contributed by atoms with van der Waals surface area (Å²) in [5, 5.41) is 0.452. The molecule has 3 amide bonds. The minimum absolute atomic E-state index is 0.148. The van der Waals surface area contributed by atoms with Gasteiger partial charge < -0.3 is 14.4 Å². The van der Waals surface area contributed by atoms with E-state index in [9.17, 15) is 14.4 Å². The molecule has 3 aliphatic rings. The van der Waals surface area contributed by atoms with Crippen molar-refractivity contribution < 1.29 is 23.9 Å². The first kappa shape index (κ1) is 23.6. The number of piperidine rings is 1. The average Bonchev–Trinajstić information content (AvgIpc) is 3.19. The maximum absolute atomic E-state index is 13.1. The number of ether oxygens (including phenoxy) is 2. The molecule has 2 aromatic carbocycles. The highest BCUT2D eigenvalue weighted by Crippen LogP contribution is 2.37. The van der Waals surface area contributed by atoms with Crippen molar-refractivity contribution in [3.8, 4) is 5.75 Å². The number of morpholine rings is 1. The van der Waals surface area contributed by atoms with Gasteiger partial charge in [-0.3, -0.25) is 24.6 Å². The van der Waals surface area contributed by atoms with Gasteiger partial charge in [-0.25, -0.2) is 0 Å². The van der Waals surface area contributed by atoms with Gasteiger partial charge >= 0.3 is 0 Å². The van der Waals surface area contributed by atoms with Gasteiger partial charge in [0.1, 0.15) is 18.4 Å². The molecule has 0 aliphatic carbocycles. The topological polar surface area (TPSA) is 88.2 Å². The number of hydrogen-bond acceptors (Lipinski definition) is 6. The number of amides is 3. The number of carbonyl (C=O) groups is 3. The fourth-order valence-corrected chi connectivity index (χ4v) is 4.70. The summed E-state index contributed by atoms with van der Waals surface area (Å²) in [6.45, 7) is 4.83. The van der Waals surface area contributed by atoms with Gasteiger partial charge in [0.2, 0.25) is 11.8 Å². The molecule has 1 N–H and O–H groups in total. The molecule has 3 heterocycles. The Morgan fingerprint density at radius 1 is 1.03 bits per heavy atom. The second-order valence-electron chi connectivity index (χ2n) is 9.29. The molecule has 0 spiro atoms. The Morgan fingerprint density at radius 2 is 1.74 bits per heavy atom. The van der Waals surface area contributed by atoms with Gasteiger partial charge in [0.15, 0.2) is 0 Å². The SMILES string of the molecule is [B]C1([B])CC(N2Cc3c(OCc4ccc(CN5CCOCC5)cc4)cccc3C2=O)C(=O)NC1=O. The summed E-state index contributed by atoms with van der Waals surface area (Å²) >= 11 is 0. The van der Waals surface area contributed by atoms with E-state index in [4.69, 9.17) is 25.2 Å². The van der Waals surface area contributed by atoms with Crippen LogP contribution >= 0.6 is 0 Å². The molecule has 2 aromatic rings. The van der Waals surface area contributed by atoms with Crippen LogP contribution < -0.4 is 10.1 Å². The molecular weight excluding hydrogens is 444 g/mol. The van der Waals surface area contributed by atoms with Crippen molar-refractivity contribution in [3.63, 3.8) is 0 Å². The number of nitrogens with zero attached hydrogens (tertiary/aromatic N) is 2. The molecule has 176 valence electrons. The van der Waals surface area contributed by atoms with Crippen molar-refractivity contribution in [2.45, 2.75) is 37.4 Å². The number of imide groups is 1. The fraction of sp³-hybridized carbons (Fsp3) is 0.400. The van der Waals surface area contributed by atoms with E-state index in [-0.39, 0.29) is 18.9 Å². The van der Waals surface area contributed by atoms with E-state index in [0.717, 1.165) is 38.4 Å². The fourth-order valence-electron chi connectivity index (χ4n) is 4.70. The molecule has 35 heavy (non-hydrogen) atoms. The van der Waals surface area contributed by atoms with Gasteiger partial charge in [0, 0.05) is 30.8 Å². The minimum Gasteiger partial charge on any atom is -0.489 e. The van der Waals surface area contributed by atoms with Crippen LogP contribution in [0.5, 0.6) is 5.75 Å². The Bertz CT molecular complexity index is 1150. The highest BCUT2D eigenvalue weighted by molar-refractivity contribution is 6.52. The van der Waals surface area contributed by atoms with Crippen LogP contribution in [0.1, 0.15) is 33.5 Å². The zero-order chi connectivity index (χ0) is 24.6. The van der Waals surface area contributed by atoms with Crippen LogP contribution in [0.4, 0.5) is 0 Å². The smallest absolute Gasteiger partial charge is 0.255 e. The van der Waals surface area contributed by atoms with Crippen LogP contribution in [-0.2, 0) is 34.0 Å². The van der Waals surface area contributed by atoms with Crippen molar-refractivity contribution in [2.24, 2.45) is 0 Å². The average molecular weight is 469 g/mol. The van der Waals surface area contributed by atoms with Gasteiger partial charge in [-0.15, -0.1) is 0 Å². The molecule has 1 atom stereocenters. The maximum Gasteiger partial charge on any atom is 0.255 e. The van der Waals surface area contributed by atoms with E-state index in [2.05, 4.69) is 22.3 Å². The Labute approximate surface area is 206 Å². The Kier molecular flexibility index (Phi) is 6.42. The molecule has 1 unspecified atom stereocenters. The summed E-state index contributed by atoms with van der Waals surface area (Å²) in [6, 6.07) is 12.6. The van der Waals surface area contributed by atoms with Crippen molar-refractivity contribution in [1.29, 1.82) is 0 Å². The lowest BCUT2D eigenvalue weighted by Crippen LogP contribution is -2.58. The number of hydrogen-bond donors (Lipinski definition) is 1. The molecule has 0 saturated carbocycles. The highest BCUT2D eigenvalue weighted by Gasteiger charge is 2.45. The van der Waals surface area contributed by atoms with Crippen LogP contribution in [0.25, 0.3) is 0 Å². The van der Waals surface area contributed by atoms with Gasteiger partial charge in [-0.05, 0) is 34.9 Å².